The molecule has 1 N–H and O–H groups in total. The van der Waals surface area contributed by atoms with Gasteiger partial charge in [0.1, 0.15) is 18.0 Å². The number of pyridine rings is 1. The summed E-state index contributed by atoms with van der Waals surface area (Å²) < 4.78 is 7.40. The average Bonchev–Trinajstić information content (AvgIpc) is 2.79. The molecule has 0 bridgehead atoms. The molecular formula is C24H20ClN3O3S. The molecule has 6 nitrogen and oxygen atoms in total. The van der Waals surface area contributed by atoms with Gasteiger partial charge in [-0.3, -0.25) is 14.0 Å². The van der Waals surface area contributed by atoms with Gasteiger partial charge in [-0.15, -0.1) is 11.8 Å². The summed E-state index contributed by atoms with van der Waals surface area (Å²) in [5.41, 5.74) is 2.40. The van der Waals surface area contributed by atoms with Crippen LogP contribution in [0.2, 0.25) is 5.02 Å². The van der Waals surface area contributed by atoms with Crippen molar-refractivity contribution >= 4 is 40.6 Å². The molecule has 0 unspecified atom stereocenters. The number of para-hydroxylation sites is 2. The maximum absolute atomic E-state index is 12.4. The number of halogens is 1. The van der Waals surface area contributed by atoms with Crippen LogP contribution >= 0.6 is 23.4 Å². The Bertz CT molecular complexity index is 1320. The number of nitrogens with zero attached hydrogens (tertiary/aromatic N) is 2. The first kappa shape index (κ1) is 21.9. The van der Waals surface area contributed by atoms with Crippen molar-refractivity contribution < 1.29 is 9.53 Å². The lowest BCUT2D eigenvalue weighted by Crippen LogP contribution is -2.17. The Morgan fingerprint density at radius 2 is 1.91 bits per heavy atom. The molecule has 2 heterocycles. The van der Waals surface area contributed by atoms with Gasteiger partial charge in [0.05, 0.1) is 17.1 Å². The highest BCUT2D eigenvalue weighted by molar-refractivity contribution is 8.00. The number of thioether (sulfide) groups is 1. The van der Waals surface area contributed by atoms with Gasteiger partial charge in [0.25, 0.3) is 5.56 Å². The number of amides is 1. The molecule has 2 aromatic carbocycles. The summed E-state index contributed by atoms with van der Waals surface area (Å²) in [6.07, 6.45) is 1.69. The standard InChI is InChI=1S/C24H20ClN3O3S/c1-16-5-4-12-28-23(30)13-18(26-24(16)28)14-31-21-7-3-2-6-20(21)27-22(29)15-32-19-10-8-17(25)9-11-19/h2-13H,14-15H2,1H3,(H,27,29). The van der Waals surface area contributed by atoms with Crippen molar-refractivity contribution in [3.05, 3.63) is 99.6 Å². The molecule has 0 saturated heterocycles. The van der Waals surface area contributed by atoms with Gasteiger partial charge >= 0.3 is 0 Å². The van der Waals surface area contributed by atoms with Crippen LogP contribution in [0.1, 0.15) is 11.3 Å². The quantitative estimate of drug-likeness (QED) is 0.390. The predicted octanol–water partition coefficient (Wildman–Crippen LogP) is 4.97. The lowest BCUT2D eigenvalue weighted by Gasteiger charge is -2.13. The number of fused-ring (bicyclic) bond motifs is 1. The minimum absolute atomic E-state index is 0.104. The molecule has 4 aromatic rings. The van der Waals surface area contributed by atoms with E-state index in [0.29, 0.717) is 27.8 Å². The van der Waals surface area contributed by atoms with Crippen molar-refractivity contribution in [3.63, 3.8) is 0 Å². The molecule has 0 saturated carbocycles. The number of aryl methyl sites for hydroxylation is 1. The van der Waals surface area contributed by atoms with Crippen molar-refractivity contribution in [2.45, 2.75) is 18.4 Å². The second-order valence-corrected chi connectivity index (χ2v) is 8.53. The van der Waals surface area contributed by atoms with Crippen LogP contribution in [-0.4, -0.2) is 21.0 Å². The number of ether oxygens (including phenoxy) is 1. The molecule has 0 aliphatic rings. The lowest BCUT2D eigenvalue weighted by molar-refractivity contribution is -0.113. The molecular weight excluding hydrogens is 446 g/mol. The first-order chi connectivity index (χ1) is 15.5. The number of aromatic nitrogens is 2. The number of hydrogen-bond acceptors (Lipinski definition) is 5. The second-order valence-electron chi connectivity index (χ2n) is 7.05. The van der Waals surface area contributed by atoms with Gasteiger partial charge in [-0.25, -0.2) is 4.98 Å². The fourth-order valence-electron chi connectivity index (χ4n) is 3.10. The molecule has 8 heteroatoms. The normalized spacial score (nSPS) is 10.8. The maximum Gasteiger partial charge on any atom is 0.258 e. The number of rotatable bonds is 7. The fraction of sp³-hybridized carbons (Fsp3) is 0.125. The molecule has 0 spiro atoms. The Morgan fingerprint density at radius 3 is 2.72 bits per heavy atom. The van der Waals surface area contributed by atoms with Crippen LogP contribution < -0.4 is 15.6 Å². The summed E-state index contributed by atoms with van der Waals surface area (Å²) in [5, 5.41) is 3.54. The van der Waals surface area contributed by atoms with Crippen LogP contribution in [0.5, 0.6) is 5.75 Å². The van der Waals surface area contributed by atoms with Gasteiger partial charge in [-0.05, 0) is 55.0 Å². The molecule has 162 valence electrons. The minimum atomic E-state index is -0.168. The zero-order chi connectivity index (χ0) is 22.5. The topological polar surface area (TPSA) is 72.7 Å². The van der Waals surface area contributed by atoms with E-state index in [1.165, 1.54) is 22.2 Å². The minimum Gasteiger partial charge on any atom is -0.485 e. The Morgan fingerprint density at radius 1 is 1.12 bits per heavy atom. The number of carbonyl (C=O) groups is 1. The van der Waals surface area contributed by atoms with E-state index in [4.69, 9.17) is 16.3 Å². The lowest BCUT2D eigenvalue weighted by atomic mass is 10.3. The highest BCUT2D eigenvalue weighted by Crippen LogP contribution is 2.26. The van der Waals surface area contributed by atoms with Crippen molar-refractivity contribution in [2.75, 3.05) is 11.1 Å². The fourth-order valence-corrected chi connectivity index (χ4v) is 3.92. The van der Waals surface area contributed by atoms with E-state index in [2.05, 4.69) is 10.3 Å². The smallest absolute Gasteiger partial charge is 0.258 e. The number of nitrogens with one attached hydrogen (secondary N) is 1. The average molecular weight is 466 g/mol. The number of anilines is 1. The van der Waals surface area contributed by atoms with E-state index in [0.717, 1.165) is 10.5 Å². The van der Waals surface area contributed by atoms with Crippen LogP contribution in [-0.2, 0) is 11.4 Å². The summed E-state index contributed by atoms with van der Waals surface area (Å²) in [5.74, 6) is 0.598. The summed E-state index contributed by atoms with van der Waals surface area (Å²) in [6.45, 7) is 2.01. The van der Waals surface area contributed by atoms with Crippen molar-refractivity contribution in [1.29, 1.82) is 0 Å². The Kier molecular flexibility index (Phi) is 6.78. The van der Waals surface area contributed by atoms with E-state index in [-0.39, 0.29) is 23.8 Å². The van der Waals surface area contributed by atoms with E-state index in [1.807, 2.05) is 43.3 Å². The molecule has 0 atom stereocenters. The Balaban J connectivity index is 1.43. The molecule has 1 amide bonds. The SMILES string of the molecule is Cc1cccn2c(=O)cc(COc3ccccc3NC(=O)CSc3ccc(Cl)cc3)nc12. The number of benzene rings is 2. The van der Waals surface area contributed by atoms with Gasteiger partial charge in [0.2, 0.25) is 5.91 Å². The van der Waals surface area contributed by atoms with Crippen LogP contribution in [0.4, 0.5) is 5.69 Å². The van der Waals surface area contributed by atoms with Crippen LogP contribution in [0, 0.1) is 6.92 Å². The summed E-state index contributed by atoms with van der Waals surface area (Å²) in [4.78, 5) is 30.3. The van der Waals surface area contributed by atoms with E-state index >= 15 is 0 Å². The van der Waals surface area contributed by atoms with Crippen molar-refractivity contribution in [1.82, 2.24) is 9.38 Å². The highest BCUT2D eigenvalue weighted by Gasteiger charge is 2.10. The van der Waals surface area contributed by atoms with Crippen molar-refractivity contribution in [2.24, 2.45) is 0 Å². The predicted molar refractivity (Wildman–Crippen MR) is 128 cm³/mol. The van der Waals surface area contributed by atoms with E-state index in [1.54, 1.807) is 30.5 Å². The molecule has 0 aliphatic carbocycles. The van der Waals surface area contributed by atoms with Gasteiger partial charge < -0.3 is 10.1 Å². The molecule has 0 aliphatic heterocycles. The summed E-state index contributed by atoms with van der Waals surface area (Å²) in [7, 11) is 0. The largest absolute Gasteiger partial charge is 0.485 e. The van der Waals surface area contributed by atoms with E-state index in [9.17, 15) is 9.59 Å². The van der Waals surface area contributed by atoms with Gasteiger partial charge in [0.15, 0.2) is 0 Å². The maximum atomic E-state index is 12.4. The molecule has 0 fully saturated rings. The molecule has 2 aromatic heterocycles. The number of carbonyl (C=O) groups excluding carboxylic acids is 1. The van der Waals surface area contributed by atoms with Gasteiger partial charge in [0, 0.05) is 22.2 Å². The van der Waals surface area contributed by atoms with Gasteiger partial charge in [-0.1, -0.05) is 29.8 Å². The molecule has 32 heavy (non-hydrogen) atoms. The monoisotopic (exact) mass is 465 g/mol. The Labute approximate surface area is 194 Å². The third kappa shape index (κ3) is 5.30. The summed E-state index contributed by atoms with van der Waals surface area (Å²) >= 11 is 7.31. The van der Waals surface area contributed by atoms with Gasteiger partial charge in [-0.2, -0.15) is 0 Å². The first-order valence-electron chi connectivity index (χ1n) is 9.87. The van der Waals surface area contributed by atoms with Crippen molar-refractivity contribution in [3.8, 4) is 5.75 Å². The first-order valence-corrected chi connectivity index (χ1v) is 11.2. The number of hydrogen-bond donors (Lipinski definition) is 1. The van der Waals surface area contributed by atoms with Crippen LogP contribution in [0.15, 0.2) is 82.6 Å². The van der Waals surface area contributed by atoms with Crippen LogP contribution in [0.25, 0.3) is 5.65 Å². The second kappa shape index (κ2) is 9.89. The zero-order valence-electron chi connectivity index (χ0n) is 17.2. The highest BCUT2D eigenvalue weighted by atomic mass is 35.5. The third-order valence-electron chi connectivity index (χ3n) is 4.66. The Hall–Kier alpha value is -3.29. The molecule has 4 rings (SSSR count). The van der Waals surface area contributed by atoms with E-state index < -0.39 is 0 Å². The van der Waals surface area contributed by atoms with Crippen LogP contribution in [0.3, 0.4) is 0 Å². The summed E-state index contributed by atoms with van der Waals surface area (Å²) in [6, 6.07) is 19.7. The molecule has 0 radical (unpaired) electrons. The zero-order valence-corrected chi connectivity index (χ0v) is 18.8. The third-order valence-corrected chi connectivity index (χ3v) is 5.92.